The van der Waals surface area contributed by atoms with Gasteiger partial charge in [-0.3, -0.25) is 14.5 Å². The van der Waals surface area contributed by atoms with E-state index in [1.165, 1.54) is 14.0 Å². The Morgan fingerprint density at radius 3 is 2.66 bits per heavy atom. The highest BCUT2D eigenvalue weighted by atomic mass is 16.7. The lowest BCUT2D eigenvalue weighted by molar-refractivity contribution is -0.132. The van der Waals surface area contributed by atoms with Gasteiger partial charge in [-0.05, 0) is 48.4 Å². The number of ketones is 1. The molecule has 0 saturated carbocycles. The van der Waals surface area contributed by atoms with Crippen LogP contribution in [0.3, 0.4) is 0 Å². The van der Waals surface area contributed by atoms with Crippen molar-refractivity contribution in [1.29, 1.82) is 0 Å². The van der Waals surface area contributed by atoms with Crippen molar-refractivity contribution < 1.29 is 28.5 Å². The number of methoxy groups -OCH3 is 1. The van der Waals surface area contributed by atoms with Crippen LogP contribution < -0.4 is 18.9 Å². The number of likely N-dealkylation sites (N-methyl/N-ethyl adjacent to an activating group) is 1. The Morgan fingerprint density at radius 2 is 1.93 bits per heavy atom. The summed E-state index contributed by atoms with van der Waals surface area (Å²) in [4.78, 5) is 27.5. The quantitative estimate of drug-likeness (QED) is 0.571. The Labute approximate surface area is 168 Å². The minimum absolute atomic E-state index is 0.0549. The summed E-state index contributed by atoms with van der Waals surface area (Å²) in [7, 11) is 3.45. The van der Waals surface area contributed by atoms with Gasteiger partial charge in [0, 0.05) is 19.9 Å². The first-order chi connectivity index (χ1) is 14.0. The van der Waals surface area contributed by atoms with Crippen LogP contribution >= 0.6 is 0 Å². The maximum Gasteiger partial charge on any atom is 0.308 e. The second-order valence-corrected chi connectivity index (χ2v) is 7.63. The van der Waals surface area contributed by atoms with E-state index in [1.807, 2.05) is 25.2 Å². The highest BCUT2D eigenvalue weighted by Gasteiger charge is 2.54. The molecular weight excluding hydrogens is 374 g/mol. The molecule has 2 aliphatic heterocycles. The van der Waals surface area contributed by atoms with Gasteiger partial charge in [0.15, 0.2) is 28.8 Å². The zero-order valence-electron chi connectivity index (χ0n) is 16.5. The largest absolute Gasteiger partial charge is 0.492 e. The van der Waals surface area contributed by atoms with Crippen molar-refractivity contribution in [2.24, 2.45) is 0 Å². The molecule has 3 aliphatic rings. The van der Waals surface area contributed by atoms with Crippen molar-refractivity contribution >= 4 is 11.8 Å². The summed E-state index contributed by atoms with van der Waals surface area (Å²) in [5, 5.41) is 0. The molecule has 0 N–H and O–H groups in total. The number of fused-ring (bicyclic) bond motifs is 4. The van der Waals surface area contributed by atoms with Crippen molar-refractivity contribution in [2.75, 3.05) is 27.5 Å². The molecule has 1 atom stereocenters. The van der Waals surface area contributed by atoms with E-state index in [2.05, 4.69) is 4.90 Å². The lowest BCUT2D eigenvalue weighted by atomic mass is 9.77. The third-order valence-corrected chi connectivity index (χ3v) is 6.13. The van der Waals surface area contributed by atoms with E-state index in [0.717, 1.165) is 35.4 Å². The van der Waals surface area contributed by atoms with Crippen LogP contribution in [0.1, 0.15) is 34.0 Å². The number of hydrogen-bond donors (Lipinski definition) is 0. The fourth-order valence-corrected chi connectivity index (χ4v) is 4.79. The highest BCUT2D eigenvalue weighted by molar-refractivity contribution is 6.11. The highest BCUT2D eigenvalue weighted by Crippen LogP contribution is 2.51. The number of carbonyl (C=O) groups is 2. The molecule has 2 aromatic rings. The summed E-state index contributed by atoms with van der Waals surface area (Å²) in [5.74, 6) is 1.43. The van der Waals surface area contributed by atoms with E-state index in [9.17, 15) is 9.59 Å². The molecule has 1 aliphatic carbocycles. The number of carbonyl (C=O) groups excluding carboxylic acids is 2. The van der Waals surface area contributed by atoms with Gasteiger partial charge in [-0.25, -0.2) is 0 Å². The van der Waals surface area contributed by atoms with Crippen LogP contribution in [0.15, 0.2) is 24.3 Å². The maximum atomic E-state index is 13.9. The Kier molecular flexibility index (Phi) is 3.86. The van der Waals surface area contributed by atoms with E-state index in [4.69, 9.17) is 18.9 Å². The third-order valence-electron chi connectivity index (χ3n) is 6.13. The third kappa shape index (κ3) is 2.40. The zero-order chi connectivity index (χ0) is 20.3. The first kappa shape index (κ1) is 18.0. The first-order valence-electron chi connectivity index (χ1n) is 9.53. The zero-order valence-corrected chi connectivity index (χ0v) is 16.5. The predicted molar refractivity (Wildman–Crippen MR) is 103 cm³/mol. The summed E-state index contributed by atoms with van der Waals surface area (Å²) in [6.07, 6.45) is 1.34. The van der Waals surface area contributed by atoms with Crippen LogP contribution in [-0.2, 0) is 23.2 Å². The van der Waals surface area contributed by atoms with Crippen molar-refractivity contribution in [2.45, 2.75) is 25.3 Å². The molecule has 2 aromatic carbocycles. The van der Waals surface area contributed by atoms with E-state index < -0.39 is 11.5 Å². The number of ether oxygens (including phenoxy) is 4. The fourth-order valence-electron chi connectivity index (χ4n) is 4.79. The molecule has 2 heterocycles. The van der Waals surface area contributed by atoms with Crippen molar-refractivity contribution in [3.63, 3.8) is 0 Å². The topological polar surface area (TPSA) is 74.3 Å². The summed E-state index contributed by atoms with van der Waals surface area (Å²) < 4.78 is 21.9. The lowest BCUT2D eigenvalue weighted by Gasteiger charge is -2.42. The van der Waals surface area contributed by atoms with Gasteiger partial charge in [-0.15, -0.1) is 0 Å². The van der Waals surface area contributed by atoms with Crippen LogP contribution in [0.5, 0.6) is 23.0 Å². The van der Waals surface area contributed by atoms with Gasteiger partial charge in [0.1, 0.15) is 5.54 Å². The maximum absolute atomic E-state index is 13.9. The predicted octanol–water partition coefficient (Wildman–Crippen LogP) is 2.47. The van der Waals surface area contributed by atoms with Crippen LogP contribution in [0.4, 0.5) is 0 Å². The van der Waals surface area contributed by atoms with Crippen molar-refractivity contribution in [3.8, 4) is 23.0 Å². The number of Topliss-reactive ketones (excluding diaryl/α,β-unsaturated/α-hetero) is 1. The van der Waals surface area contributed by atoms with E-state index in [-0.39, 0.29) is 18.3 Å². The normalized spacial score (nSPS) is 21.8. The molecule has 5 rings (SSSR count). The molecule has 0 saturated heterocycles. The molecule has 0 bridgehead atoms. The molecule has 0 radical (unpaired) electrons. The Morgan fingerprint density at radius 1 is 1.17 bits per heavy atom. The molecule has 29 heavy (non-hydrogen) atoms. The second-order valence-electron chi connectivity index (χ2n) is 7.63. The molecule has 0 amide bonds. The van der Waals surface area contributed by atoms with Gasteiger partial charge in [0.2, 0.25) is 6.79 Å². The van der Waals surface area contributed by atoms with Gasteiger partial charge in [-0.1, -0.05) is 6.07 Å². The number of benzene rings is 2. The van der Waals surface area contributed by atoms with E-state index in [1.54, 1.807) is 6.07 Å². The molecule has 1 spiro atoms. The van der Waals surface area contributed by atoms with Crippen LogP contribution in [0.2, 0.25) is 0 Å². The molecule has 7 heteroatoms. The molecule has 150 valence electrons. The fraction of sp³-hybridized carbons (Fsp3) is 0.364. The minimum Gasteiger partial charge on any atom is -0.492 e. The molecule has 0 aromatic heterocycles. The molecule has 1 unspecified atom stereocenters. The smallest absolute Gasteiger partial charge is 0.308 e. The first-order valence-corrected chi connectivity index (χ1v) is 9.53. The van der Waals surface area contributed by atoms with Crippen LogP contribution in [-0.4, -0.2) is 44.1 Å². The average Bonchev–Trinajstić information content (AvgIpc) is 3.26. The van der Waals surface area contributed by atoms with Gasteiger partial charge in [0.25, 0.3) is 0 Å². The number of nitrogens with zero attached hydrogens (tertiary/aromatic N) is 1. The summed E-state index contributed by atoms with van der Waals surface area (Å²) in [6.45, 7) is 2.25. The lowest BCUT2D eigenvalue weighted by Crippen LogP contribution is -2.52. The van der Waals surface area contributed by atoms with Gasteiger partial charge < -0.3 is 18.9 Å². The van der Waals surface area contributed by atoms with Gasteiger partial charge in [-0.2, -0.15) is 0 Å². The molecular formula is C22H21NO6. The average molecular weight is 395 g/mol. The number of esters is 1. The van der Waals surface area contributed by atoms with Crippen LogP contribution in [0.25, 0.3) is 0 Å². The van der Waals surface area contributed by atoms with Gasteiger partial charge in [0.05, 0.1) is 12.7 Å². The molecule has 7 nitrogen and oxygen atoms in total. The van der Waals surface area contributed by atoms with Crippen LogP contribution in [0, 0.1) is 0 Å². The van der Waals surface area contributed by atoms with Crippen molar-refractivity contribution in [3.05, 3.63) is 46.5 Å². The standard InChI is InChI=1S/C22H21NO6/c1-12(24)29-16-5-4-14-10-22(21(25)19(14)20(16)26-3)15-9-18-17(27-11-28-18)8-13(15)6-7-23(22)2/h4-5,8-9H,6-7,10-11H2,1-3H3. The Bertz CT molecular complexity index is 1060. The monoisotopic (exact) mass is 395 g/mol. The summed E-state index contributed by atoms with van der Waals surface area (Å²) >= 11 is 0. The SMILES string of the molecule is COc1c(OC(C)=O)ccc2c1C(=O)C1(C2)c2cc3c(cc2CCN1C)OCO3. The second kappa shape index (κ2) is 6.22. The van der Waals surface area contributed by atoms with E-state index >= 15 is 0 Å². The number of rotatable bonds is 2. The Balaban J connectivity index is 1.69. The van der Waals surface area contributed by atoms with Gasteiger partial charge >= 0.3 is 5.97 Å². The summed E-state index contributed by atoms with van der Waals surface area (Å²) in [6, 6.07) is 7.47. The van der Waals surface area contributed by atoms with Crippen molar-refractivity contribution in [1.82, 2.24) is 4.90 Å². The number of hydrogen-bond acceptors (Lipinski definition) is 7. The Hall–Kier alpha value is -3.06. The molecule has 0 fully saturated rings. The van der Waals surface area contributed by atoms with E-state index in [0.29, 0.717) is 23.5 Å². The minimum atomic E-state index is -0.848. The summed E-state index contributed by atoms with van der Waals surface area (Å²) in [5.41, 5.74) is 2.53.